The molecule has 0 saturated carbocycles. The lowest BCUT2D eigenvalue weighted by molar-refractivity contribution is -0.137. The molecule has 2 atom stereocenters. The normalized spacial score (nSPS) is 36.0. The monoisotopic (exact) mass is 169 g/mol. The molecule has 0 aliphatic carbocycles. The first-order chi connectivity index (χ1) is 5.18. The van der Waals surface area contributed by atoms with E-state index in [2.05, 4.69) is 13.8 Å². The van der Waals surface area contributed by atoms with Crippen LogP contribution in [0.5, 0.6) is 0 Å². The first kappa shape index (κ1) is 7.22. The average molecular weight is 169 g/mol. The summed E-state index contributed by atoms with van der Waals surface area (Å²) >= 11 is 1.88. The summed E-state index contributed by atoms with van der Waals surface area (Å²) in [7, 11) is 0. The molecule has 2 heterocycles. The van der Waals surface area contributed by atoms with Gasteiger partial charge in [-0.2, -0.15) is 0 Å². The van der Waals surface area contributed by atoms with Crippen molar-refractivity contribution in [1.82, 2.24) is 4.90 Å². The first-order valence-corrected chi connectivity index (χ1v) is 4.77. The number of nitrogens with zero attached hydrogens (tertiary/aromatic N) is 1. The quantitative estimate of drug-likeness (QED) is 0.513. The highest BCUT2D eigenvalue weighted by Crippen LogP contribution is 2.39. The molecule has 1 amide bonds. The number of β-lactam (4-membered cyclic amide) rings is 1. The minimum atomic E-state index is 0.272. The Morgan fingerprint density at radius 3 is 3.09 bits per heavy atom. The summed E-state index contributed by atoms with van der Waals surface area (Å²) in [5.41, 5.74) is 1.30. The van der Waals surface area contributed by atoms with Gasteiger partial charge in [0.15, 0.2) is 0 Å². The summed E-state index contributed by atoms with van der Waals surface area (Å²) in [6.45, 7) is 4.27. The van der Waals surface area contributed by atoms with Crippen LogP contribution < -0.4 is 0 Å². The van der Waals surface area contributed by atoms with Crippen LogP contribution in [-0.2, 0) is 4.79 Å². The van der Waals surface area contributed by atoms with Crippen LogP contribution in [0.4, 0.5) is 0 Å². The van der Waals surface area contributed by atoms with Crippen LogP contribution in [0, 0.1) is 0 Å². The molecule has 0 aromatic heterocycles. The summed E-state index contributed by atoms with van der Waals surface area (Å²) < 4.78 is 0. The van der Waals surface area contributed by atoms with Crippen LogP contribution in [0.2, 0.25) is 0 Å². The van der Waals surface area contributed by atoms with Gasteiger partial charge in [0, 0.05) is 11.4 Å². The van der Waals surface area contributed by atoms with Crippen LogP contribution in [0.25, 0.3) is 0 Å². The topological polar surface area (TPSA) is 20.3 Å². The third kappa shape index (κ3) is 0.984. The van der Waals surface area contributed by atoms with E-state index in [0.717, 1.165) is 6.42 Å². The summed E-state index contributed by atoms with van der Waals surface area (Å²) in [6.07, 6.45) is 2.73. The zero-order valence-electron chi connectivity index (χ0n) is 6.70. The third-order valence-corrected chi connectivity index (χ3v) is 3.78. The van der Waals surface area contributed by atoms with Crippen LogP contribution in [0.3, 0.4) is 0 Å². The van der Waals surface area contributed by atoms with Gasteiger partial charge in [-0.25, -0.2) is 0 Å². The molecule has 0 aromatic carbocycles. The maximum absolute atomic E-state index is 11.0. The number of rotatable bonds is 0. The van der Waals surface area contributed by atoms with Crippen molar-refractivity contribution in [2.75, 3.05) is 0 Å². The van der Waals surface area contributed by atoms with Gasteiger partial charge in [0.05, 0.1) is 11.8 Å². The third-order valence-electron chi connectivity index (χ3n) is 2.29. The van der Waals surface area contributed by atoms with Crippen molar-refractivity contribution in [2.45, 2.75) is 30.9 Å². The molecule has 0 spiro atoms. The zero-order chi connectivity index (χ0) is 8.01. The van der Waals surface area contributed by atoms with Crippen LogP contribution in [-0.4, -0.2) is 21.4 Å². The van der Waals surface area contributed by atoms with Gasteiger partial charge in [-0.05, 0) is 19.4 Å². The van der Waals surface area contributed by atoms with Gasteiger partial charge in [0.1, 0.15) is 0 Å². The molecular weight excluding hydrogens is 158 g/mol. The molecular formula is C8H11NOS. The van der Waals surface area contributed by atoms with E-state index < -0.39 is 0 Å². The predicted molar refractivity (Wildman–Crippen MR) is 46.1 cm³/mol. The molecule has 0 bridgehead atoms. The molecule has 60 valence electrons. The number of amides is 1. The average Bonchev–Trinajstić information content (AvgIpc) is 1.97. The predicted octanol–water partition coefficient (Wildman–Crippen LogP) is 1.58. The summed E-state index contributed by atoms with van der Waals surface area (Å²) in [6, 6.07) is 0. The fourth-order valence-electron chi connectivity index (χ4n) is 1.34. The highest BCUT2D eigenvalue weighted by Gasteiger charge is 2.39. The second-order valence-corrected chi connectivity index (χ2v) is 4.63. The van der Waals surface area contributed by atoms with E-state index in [0.29, 0.717) is 10.6 Å². The van der Waals surface area contributed by atoms with Crippen molar-refractivity contribution in [3.8, 4) is 0 Å². The highest BCUT2D eigenvalue weighted by atomic mass is 32.2. The molecule has 11 heavy (non-hydrogen) atoms. The molecule has 3 heteroatoms. The second kappa shape index (κ2) is 2.27. The Morgan fingerprint density at radius 2 is 2.45 bits per heavy atom. The molecule has 1 fully saturated rings. The van der Waals surface area contributed by atoms with Crippen molar-refractivity contribution in [3.63, 3.8) is 0 Å². The lowest BCUT2D eigenvalue weighted by Gasteiger charge is -2.42. The number of carbonyl (C=O) groups is 1. The summed E-state index contributed by atoms with van der Waals surface area (Å²) in [4.78, 5) is 12.8. The number of hydrogen-bond acceptors (Lipinski definition) is 2. The van der Waals surface area contributed by atoms with Gasteiger partial charge in [0.25, 0.3) is 0 Å². The van der Waals surface area contributed by atoms with Crippen LogP contribution in [0.15, 0.2) is 11.8 Å². The van der Waals surface area contributed by atoms with E-state index in [1.54, 1.807) is 0 Å². The van der Waals surface area contributed by atoms with Gasteiger partial charge in [-0.3, -0.25) is 4.79 Å². The smallest absolute Gasteiger partial charge is 0.230 e. The molecule has 1 saturated heterocycles. The lowest BCUT2D eigenvalue weighted by Crippen LogP contribution is -2.50. The Kier molecular flexibility index (Phi) is 1.49. The van der Waals surface area contributed by atoms with E-state index >= 15 is 0 Å². The Balaban J connectivity index is 2.21. The highest BCUT2D eigenvalue weighted by molar-refractivity contribution is 8.00. The Morgan fingerprint density at radius 1 is 1.73 bits per heavy atom. The van der Waals surface area contributed by atoms with Crippen molar-refractivity contribution in [1.29, 1.82) is 0 Å². The minimum Gasteiger partial charge on any atom is -0.306 e. The number of fused-ring (bicyclic) bond motifs is 1. The van der Waals surface area contributed by atoms with E-state index in [1.165, 1.54) is 5.57 Å². The van der Waals surface area contributed by atoms with E-state index in [9.17, 15) is 4.79 Å². The fraction of sp³-hybridized carbons (Fsp3) is 0.625. The SMILES string of the molecule is CC1=CN2C(=O)C[C@@H]2S[C@H]1C. The van der Waals surface area contributed by atoms with Gasteiger partial charge in [-0.15, -0.1) is 11.8 Å². The van der Waals surface area contributed by atoms with Crippen molar-refractivity contribution in [2.24, 2.45) is 0 Å². The summed E-state index contributed by atoms with van der Waals surface area (Å²) in [5, 5.41) is 1.03. The molecule has 0 unspecified atom stereocenters. The summed E-state index contributed by atoms with van der Waals surface area (Å²) in [5.74, 6) is 0.272. The van der Waals surface area contributed by atoms with Gasteiger partial charge < -0.3 is 4.90 Å². The fourth-order valence-corrected chi connectivity index (χ4v) is 2.63. The first-order valence-electron chi connectivity index (χ1n) is 3.83. The molecule has 2 aliphatic rings. The van der Waals surface area contributed by atoms with Crippen LogP contribution in [0.1, 0.15) is 20.3 Å². The minimum absolute atomic E-state index is 0.272. The Bertz CT molecular complexity index is 236. The lowest BCUT2D eigenvalue weighted by atomic mass is 10.1. The molecule has 2 nitrogen and oxygen atoms in total. The van der Waals surface area contributed by atoms with Gasteiger partial charge >= 0.3 is 0 Å². The Labute approximate surface area is 70.6 Å². The zero-order valence-corrected chi connectivity index (χ0v) is 7.52. The van der Waals surface area contributed by atoms with Gasteiger partial charge in [-0.1, -0.05) is 0 Å². The number of carbonyl (C=O) groups excluding carboxylic acids is 1. The molecule has 2 rings (SSSR count). The molecule has 2 aliphatic heterocycles. The standard InChI is InChI=1S/C8H11NOS/c1-5-4-9-7(10)3-8(9)11-6(5)2/h4,6,8H,3H2,1-2H3/t6-,8-/m0/s1. The number of hydrogen-bond donors (Lipinski definition) is 0. The Hall–Kier alpha value is -0.440. The van der Waals surface area contributed by atoms with E-state index in [-0.39, 0.29) is 5.91 Å². The van der Waals surface area contributed by atoms with E-state index in [4.69, 9.17) is 0 Å². The number of thioether (sulfide) groups is 1. The largest absolute Gasteiger partial charge is 0.306 e. The molecule has 0 aromatic rings. The van der Waals surface area contributed by atoms with Crippen molar-refractivity contribution >= 4 is 17.7 Å². The maximum Gasteiger partial charge on any atom is 0.230 e. The molecule has 0 N–H and O–H groups in total. The van der Waals surface area contributed by atoms with E-state index in [1.807, 2.05) is 22.9 Å². The second-order valence-electron chi connectivity index (χ2n) is 3.11. The van der Waals surface area contributed by atoms with Crippen LogP contribution >= 0.6 is 11.8 Å². The van der Waals surface area contributed by atoms with Crippen molar-refractivity contribution < 1.29 is 4.79 Å². The van der Waals surface area contributed by atoms with Gasteiger partial charge in [0.2, 0.25) is 5.91 Å². The maximum atomic E-state index is 11.0. The van der Waals surface area contributed by atoms with Crippen molar-refractivity contribution in [3.05, 3.63) is 11.8 Å². The molecule has 0 radical (unpaired) electrons.